The van der Waals surface area contributed by atoms with Crippen LogP contribution in [0.2, 0.25) is 10.0 Å². The molecule has 1 unspecified atom stereocenters. The summed E-state index contributed by atoms with van der Waals surface area (Å²) in [5, 5.41) is 7.00. The molecule has 1 aromatic carbocycles. The number of benzene rings is 1. The second-order valence-electron chi connectivity index (χ2n) is 8.45. The highest BCUT2D eigenvalue weighted by Crippen LogP contribution is 2.29. The number of rotatable bonds is 6. The molecule has 1 saturated heterocycles. The summed E-state index contributed by atoms with van der Waals surface area (Å²) >= 11 is 11.7. The third kappa shape index (κ3) is 5.79. The Balaban J connectivity index is 1.60. The van der Waals surface area contributed by atoms with E-state index in [0.717, 1.165) is 0 Å². The van der Waals surface area contributed by atoms with Crippen LogP contribution in [0.3, 0.4) is 0 Å². The van der Waals surface area contributed by atoms with Crippen LogP contribution >= 0.6 is 23.2 Å². The third-order valence-electron chi connectivity index (χ3n) is 5.40. The molecule has 0 aliphatic carbocycles. The fraction of sp³-hybridized carbons (Fsp3) is 0.500. The summed E-state index contributed by atoms with van der Waals surface area (Å²) < 4.78 is 30.2. The zero-order chi connectivity index (χ0) is 23.7. The maximum absolute atomic E-state index is 12.6. The molecule has 1 atom stereocenters. The number of hydrogen-bond donors (Lipinski definition) is 1. The fourth-order valence-corrected chi connectivity index (χ4v) is 5.18. The molecule has 1 aliphatic heterocycles. The quantitative estimate of drug-likeness (QED) is 0.643. The average molecular weight is 503 g/mol. The van der Waals surface area contributed by atoms with Crippen LogP contribution in [0.5, 0.6) is 0 Å². The van der Waals surface area contributed by atoms with E-state index < -0.39 is 15.6 Å². The first kappa shape index (κ1) is 24.5. The van der Waals surface area contributed by atoms with Crippen molar-refractivity contribution in [2.24, 2.45) is 5.41 Å². The number of nitrogens with zero attached hydrogens (tertiary/aromatic N) is 3. The Labute approximate surface area is 196 Å². The van der Waals surface area contributed by atoms with Crippen molar-refractivity contribution in [3.05, 3.63) is 40.0 Å². The van der Waals surface area contributed by atoms with Gasteiger partial charge in [-0.15, -0.1) is 0 Å². The van der Waals surface area contributed by atoms with Crippen LogP contribution in [0.15, 0.2) is 27.6 Å². The van der Waals surface area contributed by atoms with Crippen molar-refractivity contribution >= 4 is 44.9 Å². The Morgan fingerprint density at radius 2 is 2.00 bits per heavy atom. The lowest BCUT2D eigenvalue weighted by Crippen LogP contribution is -2.56. The van der Waals surface area contributed by atoms with E-state index in [1.165, 1.54) is 25.1 Å². The van der Waals surface area contributed by atoms with Gasteiger partial charge in [0, 0.05) is 31.5 Å². The van der Waals surface area contributed by atoms with E-state index >= 15 is 0 Å². The third-order valence-corrected chi connectivity index (χ3v) is 7.75. The summed E-state index contributed by atoms with van der Waals surface area (Å²) in [7, 11) is -3.78. The molecule has 1 N–H and O–H groups in total. The summed E-state index contributed by atoms with van der Waals surface area (Å²) in [6, 6.07) is 3.87. The maximum Gasteiger partial charge on any atom is 0.236 e. The monoisotopic (exact) mass is 502 g/mol. The van der Waals surface area contributed by atoms with E-state index in [1.807, 2.05) is 13.8 Å². The van der Waals surface area contributed by atoms with Gasteiger partial charge >= 0.3 is 0 Å². The van der Waals surface area contributed by atoms with Crippen LogP contribution in [0, 0.1) is 5.41 Å². The van der Waals surface area contributed by atoms with E-state index in [-0.39, 0.29) is 56.3 Å². The Bertz CT molecular complexity index is 1130. The number of aromatic nitrogens is 2. The topological polar surface area (TPSA) is 122 Å². The highest BCUT2D eigenvalue weighted by molar-refractivity contribution is 7.90. The first-order chi connectivity index (χ1) is 14.9. The number of halogens is 2. The van der Waals surface area contributed by atoms with Crippen molar-refractivity contribution in [1.82, 2.24) is 20.4 Å². The fourth-order valence-electron chi connectivity index (χ4n) is 3.62. The Kier molecular flexibility index (Phi) is 7.16. The van der Waals surface area contributed by atoms with Gasteiger partial charge in [0.2, 0.25) is 17.7 Å². The van der Waals surface area contributed by atoms with Gasteiger partial charge in [0.25, 0.3) is 0 Å². The molecule has 12 heteroatoms. The van der Waals surface area contributed by atoms with Crippen LogP contribution in [-0.4, -0.2) is 54.4 Å². The van der Waals surface area contributed by atoms with Gasteiger partial charge in [-0.25, -0.2) is 8.42 Å². The van der Waals surface area contributed by atoms with Gasteiger partial charge < -0.3 is 14.7 Å². The van der Waals surface area contributed by atoms with Gasteiger partial charge in [-0.2, -0.15) is 4.98 Å². The molecular weight excluding hydrogens is 479 g/mol. The van der Waals surface area contributed by atoms with Crippen molar-refractivity contribution in [2.75, 3.05) is 13.1 Å². The molecule has 3 rings (SSSR count). The first-order valence-electron chi connectivity index (χ1n) is 9.91. The molecule has 32 heavy (non-hydrogen) atoms. The summed E-state index contributed by atoms with van der Waals surface area (Å²) in [5.41, 5.74) is -0.298. The molecular formula is C20H24Cl2N4O5S. The van der Waals surface area contributed by atoms with Crippen LogP contribution in [0.4, 0.5) is 0 Å². The lowest BCUT2D eigenvalue weighted by Gasteiger charge is -2.44. The molecule has 0 saturated carbocycles. The molecule has 1 aromatic heterocycles. The van der Waals surface area contributed by atoms with E-state index in [2.05, 4.69) is 15.5 Å². The van der Waals surface area contributed by atoms with Crippen molar-refractivity contribution in [3.8, 4) is 0 Å². The summed E-state index contributed by atoms with van der Waals surface area (Å²) in [5.74, 6) is -0.860. The smallest absolute Gasteiger partial charge is 0.236 e. The highest BCUT2D eigenvalue weighted by Gasteiger charge is 2.37. The first-order valence-corrected chi connectivity index (χ1v) is 12.3. The average Bonchev–Trinajstić information content (AvgIpc) is 3.10. The van der Waals surface area contributed by atoms with E-state index in [0.29, 0.717) is 19.5 Å². The molecule has 1 aliphatic rings. The summed E-state index contributed by atoms with van der Waals surface area (Å²) in [6.45, 7) is 6.63. The van der Waals surface area contributed by atoms with Crippen molar-refractivity contribution in [1.29, 1.82) is 0 Å². The zero-order valence-electron chi connectivity index (χ0n) is 17.9. The van der Waals surface area contributed by atoms with Crippen molar-refractivity contribution in [2.45, 2.75) is 50.3 Å². The number of sulfone groups is 1. The van der Waals surface area contributed by atoms with Crippen molar-refractivity contribution < 1.29 is 22.5 Å². The van der Waals surface area contributed by atoms with Gasteiger partial charge in [0.15, 0.2) is 15.7 Å². The number of nitrogens with one attached hydrogen (secondary N) is 1. The highest BCUT2D eigenvalue weighted by atomic mass is 35.5. The lowest BCUT2D eigenvalue weighted by molar-refractivity contribution is -0.133. The predicted octanol–water partition coefficient (Wildman–Crippen LogP) is 2.66. The summed E-state index contributed by atoms with van der Waals surface area (Å²) in [6.07, 6.45) is 0.456. The molecule has 1 fully saturated rings. The number of likely N-dealkylation sites (tertiary alicyclic amines) is 1. The number of piperidine rings is 1. The van der Waals surface area contributed by atoms with E-state index in [9.17, 15) is 18.0 Å². The van der Waals surface area contributed by atoms with Crippen LogP contribution < -0.4 is 5.32 Å². The Hall–Kier alpha value is -2.17. The number of carbonyl (C=O) groups excluding carboxylic acids is 2. The minimum Gasteiger partial charge on any atom is -0.352 e. The molecule has 174 valence electrons. The van der Waals surface area contributed by atoms with E-state index in [4.69, 9.17) is 27.7 Å². The lowest BCUT2D eigenvalue weighted by atomic mass is 9.79. The number of carbonyl (C=O) groups is 2. The van der Waals surface area contributed by atoms with Gasteiger partial charge in [0.05, 0.1) is 14.9 Å². The molecule has 0 radical (unpaired) electrons. The molecule has 2 aromatic rings. The minimum atomic E-state index is -3.78. The molecule has 0 bridgehead atoms. The maximum atomic E-state index is 12.6. The number of amides is 2. The van der Waals surface area contributed by atoms with E-state index in [1.54, 1.807) is 4.90 Å². The van der Waals surface area contributed by atoms with Crippen LogP contribution in [-0.2, 0) is 31.6 Å². The van der Waals surface area contributed by atoms with Gasteiger partial charge in [-0.3, -0.25) is 9.59 Å². The van der Waals surface area contributed by atoms with Crippen molar-refractivity contribution in [3.63, 3.8) is 0 Å². The Morgan fingerprint density at radius 1 is 1.28 bits per heavy atom. The number of hydrogen-bond acceptors (Lipinski definition) is 7. The van der Waals surface area contributed by atoms with Gasteiger partial charge in [-0.1, -0.05) is 42.2 Å². The van der Waals surface area contributed by atoms with Crippen LogP contribution in [0.1, 0.15) is 38.9 Å². The van der Waals surface area contributed by atoms with Gasteiger partial charge in [-0.05, 0) is 24.6 Å². The minimum absolute atomic E-state index is 0.0112. The Morgan fingerprint density at radius 3 is 2.62 bits per heavy atom. The largest absolute Gasteiger partial charge is 0.352 e. The summed E-state index contributed by atoms with van der Waals surface area (Å²) in [4.78, 5) is 29.9. The van der Waals surface area contributed by atoms with Crippen LogP contribution in [0.25, 0.3) is 0 Å². The second kappa shape index (κ2) is 9.36. The standard InChI is InChI=1S/C20H24Cl2N4O5S/c1-12(27)26-7-6-16(20(2,3)11-26)23-18(28)9-19-24-17(25-31-19)10-32(29,30)13-4-5-14(21)15(22)8-13/h4-5,8,16H,6-7,9-11H2,1-3H3,(H,23,28). The predicted molar refractivity (Wildman–Crippen MR) is 118 cm³/mol. The molecule has 2 heterocycles. The zero-order valence-corrected chi connectivity index (χ0v) is 20.2. The van der Waals surface area contributed by atoms with Gasteiger partial charge in [0.1, 0.15) is 12.2 Å². The molecule has 9 nitrogen and oxygen atoms in total. The molecule has 2 amide bonds. The SMILES string of the molecule is CC(=O)N1CCC(NC(=O)Cc2nc(CS(=O)(=O)c3ccc(Cl)c(Cl)c3)no2)C(C)(C)C1. The molecule has 0 spiro atoms. The second-order valence-corrected chi connectivity index (χ2v) is 11.3. The normalized spacial score (nSPS) is 18.4.